The molecule has 2 aromatic carbocycles. The van der Waals surface area contributed by atoms with E-state index in [-0.39, 0.29) is 6.79 Å². The maximum Gasteiger partial charge on any atom is 0.231 e. The number of benzene rings is 2. The van der Waals surface area contributed by atoms with E-state index >= 15 is 0 Å². The van der Waals surface area contributed by atoms with Crippen LogP contribution in [0.25, 0.3) is 16.9 Å². The fourth-order valence-electron chi connectivity index (χ4n) is 3.39. The Bertz CT molecular complexity index is 1290. The minimum atomic E-state index is 0.244. The molecule has 0 radical (unpaired) electrons. The number of rotatable bonds is 4. The van der Waals surface area contributed by atoms with Crippen molar-refractivity contribution in [3.8, 4) is 17.3 Å². The van der Waals surface area contributed by atoms with Gasteiger partial charge in [-0.1, -0.05) is 29.3 Å². The van der Waals surface area contributed by atoms with Gasteiger partial charge in [-0.2, -0.15) is 5.10 Å². The number of halogens is 2. The molecule has 0 fully saturated rings. The van der Waals surface area contributed by atoms with Crippen LogP contribution in [0.1, 0.15) is 17.0 Å². The molecule has 1 N–H and O–H groups in total. The summed E-state index contributed by atoms with van der Waals surface area (Å²) in [6.07, 6.45) is 0. The molecular weight excluding hydrogens is 425 g/mol. The van der Waals surface area contributed by atoms with Gasteiger partial charge in [-0.3, -0.25) is 0 Å². The summed E-state index contributed by atoms with van der Waals surface area (Å²) in [6.45, 7) is 4.68. The molecule has 4 aromatic rings. The lowest BCUT2D eigenvalue weighted by atomic mass is 10.2. The lowest BCUT2D eigenvalue weighted by Crippen LogP contribution is -2.11. The van der Waals surface area contributed by atoms with E-state index < -0.39 is 0 Å². The molecule has 9 heteroatoms. The number of hydrogen-bond acceptors (Lipinski definition) is 6. The molecular formula is C21H17Cl2N5O2. The van der Waals surface area contributed by atoms with E-state index in [1.807, 2.05) is 38.1 Å². The molecule has 0 bridgehead atoms. The Morgan fingerprint density at radius 1 is 0.967 bits per heavy atom. The van der Waals surface area contributed by atoms with E-state index in [1.165, 1.54) is 0 Å². The van der Waals surface area contributed by atoms with Gasteiger partial charge in [-0.05, 0) is 49.7 Å². The van der Waals surface area contributed by atoms with Crippen LogP contribution < -0.4 is 14.8 Å². The first-order chi connectivity index (χ1) is 14.5. The van der Waals surface area contributed by atoms with Crippen LogP contribution in [0.15, 0.2) is 36.4 Å². The van der Waals surface area contributed by atoms with Crippen molar-refractivity contribution in [2.45, 2.75) is 20.4 Å². The van der Waals surface area contributed by atoms with Gasteiger partial charge in [-0.25, -0.2) is 14.6 Å². The fraction of sp³-hybridized carbons (Fsp3) is 0.190. The second-order valence-electron chi connectivity index (χ2n) is 7.03. The van der Waals surface area contributed by atoms with Crippen molar-refractivity contribution in [3.63, 3.8) is 0 Å². The minimum absolute atomic E-state index is 0.244. The highest BCUT2D eigenvalue weighted by Gasteiger charge is 2.17. The summed E-state index contributed by atoms with van der Waals surface area (Å²) in [5.41, 5.74) is 4.15. The van der Waals surface area contributed by atoms with Crippen LogP contribution in [-0.2, 0) is 6.54 Å². The SMILES string of the molecule is Cc1cc(C)n(-c2nc3cc(Cl)c(Cl)cc3nc2NCc2ccc3c(c2)OCO3)n1. The molecule has 0 saturated carbocycles. The number of anilines is 1. The van der Waals surface area contributed by atoms with Crippen LogP contribution in [-0.4, -0.2) is 26.5 Å². The maximum atomic E-state index is 6.19. The van der Waals surface area contributed by atoms with Crippen LogP contribution in [0, 0.1) is 13.8 Å². The Kier molecular flexibility index (Phi) is 4.64. The summed E-state index contributed by atoms with van der Waals surface area (Å²) >= 11 is 12.4. The zero-order chi connectivity index (χ0) is 20.8. The lowest BCUT2D eigenvalue weighted by molar-refractivity contribution is 0.174. The Morgan fingerprint density at radius 3 is 2.43 bits per heavy atom. The molecule has 3 heterocycles. The number of aryl methyl sites for hydroxylation is 2. The predicted octanol–water partition coefficient (Wildman–Crippen LogP) is 5.08. The van der Waals surface area contributed by atoms with Crippen molar-refractivity contribution >= 4 is 40.1 Å². The van der Waals surface area contributed by atoms with Gasteiger partial charge in [0.15, 0.2) is 23.1 Å². The van der Waals surface area contributed by atoms with E-state index in [0.717, 1.165) is 28.5 Å². The molecule has 0 saturated heterocycles. The van der Waals surface area contributed by atoms with Crippen LogP contribution >= 0.6 is 23.2 Å². The maximum absolute atomic E-state index is 6.19. The first-order valence-electron chi connectivity index (χ1n) is 9.31. The van der Waals surface area contributed by atoms with E-state index in [2.05, 4.69) is 10.4 Å². The third-order valence-electron chi connectivity index (χ3n) is 4.80. The van der Waals surface area contributed by atoms with Crippen molar-refractivity contribution in [2.75, 3.05) is 12.1 Å². The van der Waals surface area contributed by atoms with Crippen molar-refractivity contribution in [3.05, 3.63) is 63.4 Å². The Hall–Kier alpha value is -3.03. The predicted molar refractivity (Wildman–Crippen MR) is 116 cm³/mol. The number of nitrogens with zero attached hydrogens (tertiary/aromatic N) is 4. The molecule has 1 aliphatic heterocycles. The lowest BCUT2D eigenvalue weighted by Gasteiger charge is -2.13. The average molecular weight is 442 g/mol. The van der Waals surface area contributed by atoms with Gasteiger partial charge in [0, 0.05) is 12.2 Å². The third kappa shape index (κ3) is 3.40. The monoisotopic (exact) mass is 441 g/mol. The van der Waals surface area contributed by atoms with Gasteiger partial charge in [0.1, 0.15) is 0 Å². The summed E-state index contributed by atoms with van der Waals surface area (Å²) in [5.74, 6) is 2.66. The number of aromatic nitrogens is 4. The molecule has 30 heavy (non-hydrogen) atoms. The molecule has 0 aliphatic carbocycles. The van der Waals surface area contributed by atoms with Crippen LogP contribution in [0.5, 0.6) is 11.5 Å². The van der Waals surface area contributed by atoms with Crippen molar-refractivity contribution in [2.24, 2.45) is 0 Å². The molecule has 0 amide bonds. The van der Waals surface area contributed by atoms with Crippen molar-refractivity contribution < 1.29 is 9.47 Å². The van der Waals surface area contributed by atoms with Crippen molar-refractivity contribution in [1.82, 2.24) is 19.7 Å². The minimum Gasteiger partial charge on any atom is -0.454 e. The summed E-state index contributed by atoms with van der Waals surface area (Å²) in [6, 6.07) is 11.2. The third-order valence-corrected chi connectivity index (χ3v) is 5.52. The number of nitrogens with one attached hydrogen (secondary N) is 1. The highest BCUT2D eigenvalue weighted by Crippen LogP contribution is 2.33. The van der Waals surface area contributed by atoms with Gasteiger partial charge < -0.3 is 14.8 Å². The molecule has 0 unspecified atom stereocenters. The molecule has 2 aromatic heterocycles. The topological polar surface area (TPSA) is 74.1 Å². The van der Waals surface area contributed by atoms with Gasteiger partial charge in [-0.15, -0.1) is 0 Å². The molecule has 7 nitrogen and oxygen atoms in total. The van der Waals surface area contributed by atoms with Gasteiger partial charge in [0.25, 0.3) is 0 Å². The Morgan fingerprint density at radius 2 is 1.70 bits per heavy atom. The average Bonchev–Trinajstić information content (AvgIpc) is 3.32. The van der Waals surface area contributed by atoms with Crippen LogP contribution in [0.4, 0.5) is 5.82 Å². The van der Waals surface area contributed by atoms with Gasteiger partial charge >= 0.3 is 0 Å². The molecule has 1 aliphatic rings. The van der Waals surface area contributed by atoms with E-state index in [4.69, 9.17) is 42.6 Å². The second-order valence-corrected chi connectivity index (χ2v) is 7.85. The van der Waals surface area contributed by atoms with Crippen molar-refractivity contribution in [1.29, 1.82) is 0 Å². The smallest absolute Gasteiger partial charge is 0.231 e. The fourth-order valence-corrected chi connectivity index (χ4v) is 3.70. The zero-order valence-corrected chi connectivity index (χ0v) is 17.8. The summed E-state index contributed by atoms with van der Waals surface area (Å²) in [7, 11) is 0. The summed E-state index contributed by atoms with van der Waals surface area (Å²) < 4.78 is 12.6. The first kappa shape index (κ1) is 19.0. The molecule has 5 rings (SSSR count). The quantitative estimate of drug-likeness (QED) is 0.475. The number of fused-ring (bicyclic) bond motifs is 2. The standard InChI is InChI=1S/C21H17Cl2N5O2/c1-11-5-12(2)28(27-11)21-20(25-16-7-14(22)15(23)8-17(16)26-21)24-9-13-3-4-18-19(6-13)30-10-29-18/h3-8H,9-10H2,1-2H3,(H,24,25). The number of hydrogen-bond donors (Lipinski definition) is 1. The first-order valence-corrected chi connectivity index (χ1v) is 10.1. The Balaban J connectivity index is 1.57. The summed E-state index contributed by atoms with van der Waals surface area (Å²) in [5, 5.41) is 8.80. The molecule has 152 valence electrons. The second kappa shape index (κ2) is 7.34. The number of ether oxygens (including phenoxy) is 2. The molecule has 0 atom stereocenters. The summed E-state index contributed by atoms with van der Waals surface area (Å²) in [4.78, 5) is 9.54. The van der Waals surface area contributed by atoms with Gasteiger partial charge in [0.05, 0.1) is 26.8 Å². The molecule has 0 spiro atoms. The van der Waals surface area contributed by atoms with Gasteiger partial charge in [0.2, 0.25) is 6.79 Å². The normalized spacial score (nSPS) is 12.5. The van der Waals surface area contributed by atoms with E-state index in [0.29, 0.717) is 39.3 Å². The van der Waals surface area contributed by atoms with Crippen LogP contribution in [0.3, 0.4) is 0 Å². The van der Waals surface area contributed by atoms with Crippen LogP contribution in [0.2, 0.25) is 10.0 Å². The van der Waals surface area contributed by atoms with E-state index in [9.17, 15) is 0 Å². The Labute approximate surface area is 182 Å². The largest absolute Gasteiger partial charge is 0.454 e. The zero-order valence-electron chi connectivity index (χ0n) is 16.2. The van der Waals surface area contributed by atoms with E-state index in [1.54, 1.807) is 16.8 Å². The highest BCUT2D eigenvalue weighted by atomic mass is 35.5. The highest BCUT2D eigenvalue weighted by molar-refractivity contribution is 6.42.